The average Bonchev–Trinajstić information content (AvgIpc) is 2.96. The standard InChI is InChI=1S/C20H22N2O7/c1-11(2)8-21-17(23)13-6-5-12(7-14(13)18(21)24)22-10-29-9-15(19(25)27-3)16(22)20(26)28-4/h5-7,11H,8-10H2,1-4H3. The Morgan fingerprint density at radius 1 is 1.07 bits per heavy atom. The molecule has 0 saturated heterocycles. The van der Waals surface area contributed by atoms with Crippen molar-refractivity contribution in [1.29, 1.82) is 0 Å². The number of benzene rings is 1. The summed E-state index contributed by atoms with van der Waals surface area (Å²) in [5, 5.41) is 0. The summed E-state index contributed by atoms with van der Waals surface area (Å²) >= 11 is 0. The van der Waals surface area contributed by atoms with E-state index in [-0.39, 0.29) is 42.0 Å². The Bertz CT molecular complexity index is 919. The second-order valence-corrected chi connectivity index (χ2v) is 7.06. The minimum atomic E-state index is -0.738. The summed E-state index contributed by atoms with van der Waals surface area (Å²) < 4.78 is 15.0. The molecule has 1 aromatic carbocycles. The van der Waals surface area contributed by atoms with Crippen LogP contribution in [0.15, 0.2) is 29.5 Å². The summed E-state index contributed by atoms with van der Waals surface area (Å²) in [5.41, 5.74) is 0.936. The van der Waals surface area contributed by atoms with Crippen molar-refractivity contribution in [2.75, 3.05) is 39.0 Å². The van der Waals surface area contributed by atoms with Crippen molar-refractivity contribution in [3.8, 4) is 0 Å². The number of amides is 2. The molecule has 0 aromatic heterocycles. The predicted octanol–water partition coefficient (Wildman–Crippen LogP) is 1.33. The first-order valence-electron chi connectivity index (χ1n) is 9.05. The minimum Gasteiger partial charge on any atom is -0.466 e. The van der Waals surface area contributed by atoms with Crippen LogP contribution in [-0.4, -0.2) is 62.8 Å². The Hall–Kier alpha value is -3.20. The van der Waals surface area contributed by atoms with Gasteiger partial charge in [0.2, 0.25) is 0 Å². The van der Waals surface area contributed by atoms with E-state index in [2.05, 4.69) is 0 Å². The largest absolute Gasteiger partial charge is 0.466 e. The fourth-order valence-corrected chi connectivity index (χ4v) is 3.32. The van der Waals surface area contributed by atoms with Gasteiger partial charge in [-0.15, -0.1) is 0 Å². The first-order chi connectivity index (χ1) is 13.8. The van der Waals surface area contributed by atoms with Gasteiger partial charge in [-0.05, 0) is 24.1 Å². The molecule has 0 radical (unpaired) electrons. The number of carbonyl (C=O) groups excluding carboxylic acids is 4. The van der Waals surface area contributed by atoms with Crippen LogP contribution in [0.1, 0.15) is 34.6 Å². The number of hydrogen-bond acceptors (Lipinski definition) is 8. The maximum atomic E-state index is 12.7. The monoisotopic (exact) mass is 402 g/mol. The third kappa shape index (κ3) is 3.61. The van der Waals surface area contributed by atoms with Gasteiger partial charge in [-0.2, -0.15) is 0 Å². The van der Waals surface area contributed by atoms with E-state index in [1.807, 2.05) is 13.8 Å². The highest BCUT2D eigenvalue weighted by atomic mass is 16.5. The van der Waals surface area contributed by atoms with E-state index in [0.29, 0.717) is 17.8 Å². The molecule has 0 spiro atoms. The molecule has 1 aromatic rings. The SMILES string of the molecule is COC(=O)C1=C(C(=O)OC)N(c2ccc3c(c2)C(=O)N(CC(C)C)C3=O)COC1. The molecule has 2 amide bonds. The van der Waals surface area contributed by atoms with Crippen LogP contribution in [0.2, 0.25) is 0 Å². The minimum absolute atomic E-state index is 0.00920. The zero-order chi connectivity index (χ0) is 21.3. The summed E-state index contributed by atoms with van der Waals surface area (Å²) in [6.07, 6.45) is 0. The lowest BCUT2D eigenvalue weighted by Gasteiger charge is -2.31. The Labute approximate surface area is 167 Å². The van der Waals surface area contributed by atoms with Gasteiger partial charge < -0.3 is 19.1 Å². The predicted molar refractivity (Wildman–Crippen MR) is 101 cm³/mol. The Morgan fingerprint density at radius 2 is 1.72 bits per heavy atom. The Kier molecular flexibility index (Phi) is 5.69. The number of imide groups is 1. The molecule has 154 valence electrons. The highest BCUT2D eigenvalue weighted by Crippen LogP contribution is 2.32. The topological polar surface area (TPSA) is 102 Å². The lowest BCUT2D eigenvalue weighted by atomic mass is 10.1. The summed E-state index contributed by atoms with van der Waals surface area (Å²) in [7, 11) is 2.40. The van der Waals surface area contributed by atoms with Gasteiger partial charge in [0.1, 0.15) is 12.4 Å². The highest BCUT2D eigenvalue weighted by molar-refractivity contribution is 6.21. The van der Waals surface area contributed by atoms with Crippen molar-refractivity contribution in [3.05, 3.63) is 40.6 Å². The third-order valence-electron chi connectivity index (χ3n) is 4.65. The zero-order valence-electron chi connectivity index (χ0n) is 16.7. The van der Waals surface area contributed by atoms with Gasteiger partial charge in [-0.1, -0.05) is 13.8 Å². The molecule has 0 aliphatic carbocycles. The van der Waals surface area contributed by atoms with Crippen LogP contribution in [0.5, 0.6) is 0 Å². The van der Waals surface area contributed by atoms with Crippen molar-refractivity contribution in [2.45, 2.75) is 13.8 Å². The molecule has 2 aliphatic heterocycles. The quantitative estimate of drug-likeness (QED) is 0.537. The molecule has 29 heavy (non-hydrogen) atoms. The van der Waals surface area contributed by atoms with Crippen LogP contribution in [0.4, 0.5) is 5.69 Å². The third-order valence-corrected chi connectivity index (χ3v) is 4.65. The van der Waals surface area contributed by atoms with Crippen LogP contribution in [0.3, 0.4) is 0 Å². The lowest BCUT2D eigenvalue weighted by molar-refractivity contribution is -0.140. The Balaban J connectivity index is 2.05. The van der Waals surface area contributed by atoms with E-state index in [1.54, 1.807) is 6.07 Å². The highest BCUT2D eigenvalue weighted by Gasteiger charge is 2.38. The number of anilines is 1. The number of ether oxygens (including phenoxy) is 3. The van der Waals surface area contributed by atoms with E-state index in [1.165, 1.54) is 36.2 Å². The van der Waals surface area contributed by atoms with Crippen molar-refractivity contribution < 1.29 is 33.4 Å². The van der Waals surface area contributed by atoms with Crippen LogP contribution in [-0.2, 0) is 23.8 Å². The Morgan fingerprint density at radius 3 is 2.34 bits per heavy atom. The summed E-state index contributed by atoms with van der Waals surface area (Å²) in [4.78, 5) is 52.4. The molecule has 0 bridgehead atoms. The van der Waals surface area contributed by atoms with E-state index >= 15 is 0 Å². The number of fused-ring (bicyclic) bond motifs is 1. The second-order valence-electron chi connectivity index (χ2n) is 7.06. The molecular formula is C20H22N2O7. The molecular weight excluding hydrogens is 380 g/mol. The number of methoxy groups -OCH3 is 2. The number of nitrogens with zero attached hydrogens (tertiary/aromatic N) is 2. The van der Waals surface area contributed by atoms with Gasteiger partial charge in [0, 0.05) is 12.2 Å². The second kappa shape index (κ2) is 8.04. The van der Waals surface area contributed by atoms with Gasteiger partial charge in [-0.3, -0.25) is 14.5 Å². The lowest BCUT2D eigenvalue weighted by Crippen LogP contribution is -2.38. The average molecular weight is 402 g/mol. The van der Waals surface area contributed by atoms with E-state index < -0.39 is 17.8 Å². The van der Waals surface area contributed by atoms with Crippen LogP contribution in [0.25, 0.3) is 0 Å². The van der Waals surface area contributed by atoms with Gasteiger partial charge in [0.25, 0.3) is 11.8 Å². The molecule has 9 heteroatoms. The normalized spacial score (nSPS) is 16.4. The molecule has 0 N–H and O–H groups in total. The number of esters is 2. The van der Waals surface area contributed by atoms with Gasteiger partial charge in [0.05, 0.1) is 37.5 Å². The van der Waals surface area contributed by atoms with E-state index in [0.717, 1.165) is 0 Å². The number of rotatable bonds is 5. The summed E-state index contributed by atoms with van der Waals surface area (Å²) in [6.45, 7) is 4.00. The maximum absolute atomic E-state index is 12.7. The summed E-state index contributed by atoms with van der Waals surface area (Å²) in [5.74, 6) is -2.07. The van der Waals surface area contributed by atoms with Crippen molar-refractivity contribution in [2.24, 2.45) is 5.92 Å². The molecule has 0 atom stereocenters. The van der Waals surface area contributed by atoms with Crippen molar-refractivity contribution in [3.63, 3.8) is 0 Å². The first kappa shape index (κ1) is 20.5. The van der Waals surface area contributed by atoms with Gasteiger partial charge in [0.15, 0.2) is 0 Å². The molecule has 0 unspecified atom stereocenters. The van der Waals surface area contributed by atoms with Gasteiger partial charge >= 0.3 is 11.9 Å². The van der Waals surface area contributed by atoms with Crippen molar-refractivity contribution >= 4 is 29.4 Å². The molecule has 2 heterocycles. The smallest absolute Gasteiger partial charge is 0.355 e. The molecule has 3 rings (SSSR count). The number of carbonyl (C=O) groups is 4. The molecule has 0 fully saturated rings. The van der Waals surface area contributed by atoms with Crippen LogP contribution >= 0.6 is 0 Å². The van der Waals surface area contributed by atoms with E-state index in [4.69, 9.17) is 14.2 Å². The first-order valence-corrected chi connectivity index (χ1v) is 9.05. The van der Waals surface area contributed by atoms with Crippen LogP contribution < -0.4 is 4.90 Å². The molecule has 2 aliphatic rings. The zero-order valence-corrected chi connectivity index (χ0v) is 16.7. The fraction of sp³-hybridized carbons (Fsp3) is 0.400. The van der Waals surface area contributed by atoms with Gasteiger partial charge in [-0.25, -0.2) is 9.59 Å². The molecule has 0 saturated carbocycles. The van der Waals surface area contributed by atoms with Crippen LogP contribution in [0, 0.1) is 5.92 Å². The fourth-order valence-electron chi connectivity index (χ4n) is 3.32. The van der Waals surface area contributed by atoms with Crippen molar-refractivity contribution in [1.82, 2.24) is 4.90 Å². The van der Waals surface area contributed by atoms with E-state index in [9.17, 15) is 19.2 Å². The maximum Gasteiger partial charge on any atom is 0.355 e. The molecule has 9 nitrogen and oxygen atoms in total. The summed E-state index contributed by atoms with van der Waals surface area (Å²) in [6, 6.07) is 4.64. The number of hydrogen-bond donors (Lipinski definition) is 0.